The van der Waals surface area contributed by atoms with E-state index in [0.717, 1.165) is 64.2 Å². The zero-order valence-corrected chi connectivity index (χ0v) is 29.7. The topological polar surface area (TPSA) is 115 Å². The molecule has 0 saturated carbocycles. The highest BCUT2D eigenvalue weighted by atomic mass is 16.5. The van der Waals surface area contributed by atoms with Gasteiger partial charge in [0.05, 0.1) is 42.2 Å². The second kappa shape index (κ2) is 17.9. The maximum Gasteiger partial charge on any atom is 0.129 e. The van der Waals surface area contributed by atoms with Crippen LogP contribution < -0.4 is 17.2 Å². The van der Waals surface area contributed by atoms with E-state index >= 15 is 0 Å². The molecule has 0 aliphatic rings. The van der Waals surface area contributed by atoms with Crippen LogP contribution in [0.3, 0.4) is 0 Å². The molecule has 0 spiro atoms. The standard InChI is InChI=1S/C34H73N3O4/c1-14-19-20-34(18-5,25-39-31(11,16-3)23-28(8)41-33(13,37)29(9)36)24-38-30(10,15-2)22-27(7)40-32(12,17-4)21-26(6)35/h26-29H,14-25,35-37H2,1-13H3. The van der Waals surface area contributed by atoms with Gasteiger partial charge >= 0.3 is 0 Å². The van der Waals surface area contributed by atoms with E-state index in [2.05, 4.69) is 76.2 Å². The molecule has 0 heterocycles. The quantitative estimate of drug-likeness (QED) is 0.100. The van der Waals surface area contributed by atoms with Crippen molar-refractivity contribution in [3.63, 3.8) is 0 Å². The van der Waals surface area contributed by atoms with Gasteiger partial charge in [-0.2, -0.15) is 0 Å². The van der Waals surface area contributed by atoms with Gasteiger partial charge in [0.15, 0.2) is 0 Å². The molecule has 0 rings (SSSR count). The molecule has 6 N–H and O–H groups in total. The fourth-order valence-electron chi connectivity index (χ4n) is 5.67. The number of ether oxygens (including phenoxy) is 4. The van der Waals surface area contributed by atoms with Crippen LogP contribution in [0, 0.1) is 5.41 Å². The first kappa shape index (κ1) is 40.7. The highest BCUT2D eigenvalue weighted by Crippen LogP contribution is 2.37. The summed E-state index contributed by atoms with van der Waals surface area (Å²) >= 11 is 0. The van der Waals surface area contributed by atoms with Crippen molar-refractivity contribution in [2.24, 2.45) is 22.6 Å². The van der Waals surface area contributed by atoms with E-state index in [1.54, 1.807) is 0 Å². The number of hydrogen-bond acceptors (Lipinski definition) is 7. The minimum atomic E-state index is -0.876. The summed E-state index contributed by atoms with van der Waals surface area (Å²) in [4.78, 5) is 0. The van der Waals surface area contributed by atoms with E-state index in [0.29, 0.717) is 13.2 Å². The van der Waals surface area contributed by atoms with Gasteiger partial charge in [-0.1, -0.05) is 47.5 Å². The maximum absolute atomic E-state index is 6.86. The van der Waals surface area contributed by atoms with Gasteiger partial charge in [-0.15, -0.1) is 0 Å². The van der Waals surface area contributed by atoms with Gasteiger partial charge in [-0.3, -0.25) is 0 Å². The van der Waals surface area contributed by atoms with Crippen LogP contribution in [0.4, 0.5) is 0 Å². The second-order valence-electron chi connectivity index (χ2n) is 14.4. The molecule has 0 saturated heterocycles. The molecular formula is C34H73N3O4. The molecule has 7 nitrogen and oxygen atoms in total. The van der Waals surface area contributed by atoms with E-state index < -0.39 is 5.72 Å². The van der Waals surface area contributed by atoms with Crippen molar-refractivity contribution in [2.75, 3.05) is 13.2 Å². The van der Waals surface area contributed by atoms with Gasteiger partial charge < -0.3 is 36.1 Å². The van der Waals surface area contributed by atoms with E-state index in [-0.39, 0.29) is 46.5 Å². The van der Waals surface area contributed by atoms with Gasteiger partial charge in [0.1, 0.15) is 5.72 Å². The average Bonchev–Trinajstić information content (AvgIpc) is 2.87. The van der Waals surface area contributed by atoms with Crippen LogP contribution in [0.2, 0.25) is 0 Å². The summed E-state index contributed by atoms with van der Waals surface area (Å²) in [5.74, 6) is 0. The number of hydrogen-bond donors (Lipinski definition) is 3. The lowest BCUT2D eigenvalue weighted by Gasteiger charge is -2.42. The Bertz CT molecular complexity index is 705. The molecule has 9 unspecified atom stereocenters. The highest BCUT2D eigenvalue weighted by molar-refractivity contribution is 4.87. The zero-order valence-electron chi connectivity index (χ0n) is 29.7. The number of rotatable bonds is 24. The van der Waals surface area contributed by atoms with Gasteiger partial charge in [0.25, 0.3) is 0 Å². The first-order valence-electron chi connectivity index (χ1n) is 16.7. The first-order valence-corrected chi connectivity index (χ1v) is 16.7. The minimum absolute atomic E-state index is 0.0574. The molecule has 0 aromatic heterocycles. The largest absolute Gasteiger partial charge is 0.375 e. The summed E-state index contributed by atoms with van der Waals surface area (Å²) in [5.41, 5.74) is 16.7. The monoisotopic (exact) mass is 588 g/mol. The fraction of sp³-hybridized carbons (Fsp3) is 1.00. The maximum atomic E-state index is 6.86. The lowest BCUT2D eigenvalue weighted by atomic mass is 9.80. The van der Waals surface area contributed by atoms with Crippen molar-refractivity contribution in [1.82, 2.24) is 0 Å². The molecule has 0 bridgehead atoms. The van der Waals surface area contributed by atoms with E-state index in [9.17, 15) is 0 Å². The van der Waals surface area contributed by atoms with Crippen LogP contribution in [0.25, 0.3) is 0 Å². The molecule has 0 aliphatic carbocycles. The second-order valence-corrected chi connectivity index (χ2v) is 14.4. The Balaban J connectivity index is 5.61. The SMILES string of the molecule is CCCCC(CC)(COC(C)(CC)CC(C)OC(C)(CC)CC(C)N)COC(C)(CC)CC(C)OC(C)(N)C(C)N. The van der Waals surface area contributed by atoms with Crippen LogP contribution in [0.15, 0.2) is 0 Å². The Labute approximate surface area is 255 Å². The van der Waals surface area contributed by atoms with E-state index in [1.807, 2.05) is 13.8 Å². The predicted octanol–water partition coefficient (Wildman–Crippen LogP) is 7.46. The average molecular weight is 588 g/mol. The Hall–Kier alpha value is -0.280. The van der Waals surface area contributed by atoms with Crippen molar-refractivity contribution in [3.8, 4) is 0 Å². The van der Waals surface area contributed by atoms with Crippen molar-refractivity contribution in [1.29, 1.82) is 0 Å². The lowest BCUT2D eigenvalue weighted by Crippen LogP contribution is -2.55. The molecule has 7 heteroatoms. The molecule has 248 valence electrons. The number of nitrogens with two attached hydrogens (primary N) is 3. The minimum Gasteiger partial charge on any atom is -0.375 e. The number of unbranched alkanes of at least 4 members (excludes halogenated alkanes) is 1. The summed E-state index contributed by atoms with van der Waals surface area (Å²) in [5, 5.41) is 0. The smallest absolute Gasteiger partial charge is 0.129 e. The molecule has 41 heavy (non-hydrogen) atoms. The molecule has 0 radical (unpaired) electrons. The third kappa shape index (κ3) is 14.8. The molecule has 0 fully saturated rings. The van der Waals surface area contributed by atoms with Crippen LogP contribution in [0.1, 0.15) is 154 Å². The third-order valence-electron chi connectivity index (χ3n) is 9.55. The molecule has 0 aromatic rings. The Morgan fingerprint density at radius 1 is 0.610 bits per heavy atom. The van der Waals surface area contributed by atoms with Crippen LogP contribution in [-0.2, 0) is 18.9 Å². The Morgan fingerprint density at radius 2 is 1.05 bits per heavy atom. The lowest BCUT2D eigenvalue weighted by molar-refractivity contribution is -0.164. The van der Waals surface area contributed by atoms with Crippen LogP contribution >= 0.6 is 0 Å². The zero-order chi connectivity index (χ0) is 32.1. The molecule has 0 amide bonds. The van der Waals surface area contributed by atoms with Crippen molar-refractivity contribution in [3.05, 3.63) is 0 Å². The molecular weight excluding hydrogens is 514 g/mol. The predicted molar refractivity (Wildman–Crippen MR) is 175 cm³/mol. The van der Waals surface area contributed by atoms with Gasteiger partial charge in [0.2, 0.25) is 0 Å². The Kier molecular flexibility index (Phi) is 17.8. The summed E-state index contributed by atoms with van der Waals surface area (Å²) in [6.45, 7) is 29.1. The summed E-state index contributed by atoms with van der Waals surface area (Å²) < 4.78 is 26.4. The van der Waals surface area contributed by atoms with E-state index in [4.69, 9.17) is 36.1 Å². The summed E-state index contributed by atoms with van der Waals surface area (Å²) in [7, 11) is 0. The van der Waals surface area contributed by atoms with Gasteiger partial charge in [-0.25, -0.2) is 0 Å². The fourth-order valence-corrected chi connectivity index (χ4v) is 5.67. The van der Waals surface area contributed by atoms with Crippen molar-refractivity contribution in [2.45, 2.75) is 201 Å². The third-order valence-corrected chi connectivity index (χ3v) is 9.55. The molecule has 9 atom stereocenters. The summed E-state index contributed by atoms with van der Waals surface area (Å²) in [6.07, 6.45) is 9.54. The summed E-state index contributed by atoms with van der Waals surface area (Å²) in [6, 6.07) is -0.157. The van der Waals surface area contributed by atoms with Crippen LogP contribution in [0.5, 0.6) is 0 Å². The van der Waals surface area contributed by atoms with Crippen molar-refractivity contribution >= 4 is 0 Å². The molecule has 0 aliphatic heterocycles. The highest BCUT2D eigenvalue weighted by Gasteiger charge is 2.38. The first-order chi connectivity index (χ1) is 18.8. The van der Waals surface area contributed by atoms with Gasteiger partial charge in [0, 0.05) is 30.3 Å². The van der Waals surface area contributed by atoms with Gasteiger partial charge in [-0.05, 0) is 93.9 Å². The Morgan fingerprint density at radius 3 is 1.39 bits per heavy atom. The normalized spacial score (nSPS) is 22.8. The molecule has 0 aromatic carbocycles. The van der Waals surface area contributed by atoms with E-state index in [1.165, 1.54) is 0 Å². The van der Waals surface area contributed by atoms with Crippen LogP contribution in [-0.4, -0.2) is 60.0 Å². The van der Waals surface area contributed by atoms with Crippen molar-refractivity contribution < 1.29 is 18.9 Å².